The molecule has 0 spiro atoms. The summed E-state index contributed by atoms with van der Waals surface area (Å²) in [5.74, 6) is -0.694. The summed E-state index contributed by atoms with van der Waals surface area (Å²) in [6.07, 6.45) is 6.05. The molecule has 0 radical (unpaired) electrons. The van der Waals surface area contributed by atoms with E-state index in [1.165, 1.54) is 6.07 Å². The van der Waals surface area contributed by atoms with E-state index in [0.29, 0.717) is 44.1 Å². The molecule has 3 unspecified atom stereocenters. The van der Waals surface area contributed by atoms with E-state index in [-0.39, 0.29) is 30.7 Å². The molecule has 230 valence electrons. The number of hydrogen-bond donors (Lipinski definition) is 1. The Kier molecular flexibility index (Phi) is 10.7. The Morgan fingerprint density at radius 1 is 1.05 bits per heavy atom. The smallest absolute Gasteiger partial charge is 0.308 e. The number of carbonyl (C=O) groups excluding carboxylic acids is 1. The van der Waals surface area contributed by atoms with Crippen LogP contribution in [0.25, 0.3) is 0 Å². The summed E-state index contributed by atoms with van der Waals surface area (Å²) in [7, 11) is 6.52. The summed E-state index contributed by atoms with van der Waals surface area (Å²) in [5.41, 5.74) is 0.726. The zero-order chi connectivity index (χ0) is 30.3. The van der Waals surface area contributed by atoms with Crippen LogP contribution in [-0.4, -0.2) is 103 Å². The summed E-state index contributed by atoms with van der Waals surface area (Å²) in [5, 5.41) is 10.5. The molecule has 1 saturated heterocycles. The molecule has 10 heteroatoms. The third-order valence-electron chi connectivity index (χ3n) is 8.40. The van der Waals surface area contributed by atoms with E-state index < -0.39 is 17.9 Å². The molecule has 2 aromatic rings. The molecule has 10 nitrogen and oxygen atoms in total. The third-order valence-corrected chi connectivity index (χ3v) is 8.40. The molecule has 0 bridgehead atoms. The van der Waals surface area contributed by atoms with E-state index in [4.69, 9.17) is 9.47 Å². The number of pyridine rings is 1. The quantitative estimate of drug-likeness (QED) is 0.254. The molecule has 3 heterocycles. The molecule has 0 aliphatic carbocycles. The number of benzene rings is 1. The average molecular weight is 584 g/mol. The summed E-state index contributed by atoms with van der Waals surface area (Å²) >= 11 is 0. The minimum absolute atomic E-state index is 0.0334. The van der Waals surface area contributed by atoms with E-state index in [9.17, 15) is 19.5 Å². The zero-order valence-corrected chi connectivity index (χ0v) is 25.5. The predicted molar refractivity (Wildman–Crippen MR) is 161 cm³/mol. The fourth-order valence-electron chi connectivity index (χ4n) is 6.12. The second kappa shape index (κ2) is 14.2. The van der Waals surface area contributed by atoms with Crippen LogP contribution in [0.3, 0.4) is 0 Å². The van der Waals surface area contributed by atoms with Gasteiger partial charge in [-0.05, 0) is 49.4 Å². The van der Waals surface area contributed by atoms with Crippen LogP contribution in [0.15, 0.2) is 47.4 Å². The first-order chi connectivity index (χ1) is 20.1. The molecule has 1 aromatic heterocycles. The molecular formula is C32H47N4O6+. The first-order valence-electron chi connectivity index (χ1n) is 15.2. The van der Waals surface area contributed by atoms with Crippen molar-refractivity contribution in [3.05, 3.63) is 58.5 Å². The number of likely N-dealkylation sites (tertiary alicyclic amines) is 1. The van der Waals surface area contributed by atoms with Crippen LogP contribution >= 0.6 is 0 Å². The largest absolute Gasteiger partial charge is 0.481 e. The number of carboxylic acids is 1. The zero-order valence-electron chi connectivity index (χ0n) is 25.5. The maximum absolute atomic E-state index is 13.8. The number of fused-ring (bicyclic) bond motifs is 1. The Morgan fingerprint density at radius 2 is 1.81 bits per heavy atom. The lowest BCUT2D eigenvalue weighted by Crippen LogP contribution is -2.45. The van der Waals surface area contributed by atoms with Crippen LogP contribution in [0.4, 0.5) is 0 Å². The van der Waals surface area contributed by atoms with Crippen molar-refractivity contribution in [2.24, 2.45) is 5.92 Å². The lowest BCUT2D eigenvalue weighted by Gasteiger charge is -2.30. The van der Waals surface area contributed by atoms with Gasteiger partial charge >= 0.3 is 5.97 Å². The van der Waals surface area contributed by atoms with E-state index >= 15 is 0 Å². The van der Waals surface area contributed by atoms with Crippen molar-refractivity contribution in [2.45, 2.75) is 57.5 Å². The Bertz CT molecular complexity index is 1270. The van der Waals surface area contributed by atoms with Crippen LogP contribution in [0.1, 0.15) is 50.5 Å². The van der Waals surface area contributed by atoms with Crippen molar-refractivity contribution in [1.29, 1.82) is 0 Å². The van der Waals surface area contributed by atoms with Gasteiger partial charge in [0.05, 0.1) is 40.2 Å². The Labute approximate surface area is 249 Å². The van der Waals surface area contributed by atoms with Gasteiger partial charge in [-0.25, -0.2) is 0 Å². The monoisotopic (exact) mass is 583 g/mol. The Morgan fingerprint density at radius 3 is 2.52 bits per heavy atom. The highest BCUT2D eigenvalue weighted by Gasteiger charge is 2.47. The molecule has 3 atom stereocenters. The molecule has 2 aliphatic rings. The molecule has 0 saturated carbocycles. The number of carboxylic acid groups (broad SMARTS) is 1. The van der Waals surface area contributed by atoms with Gasteiger partial charge in [-0.3, -0.25) is 19.3 Å². The summed E-state index contributed by atoms with van der Waals surface area (Å²) in [6.45, 7) is 5.66. The maximum Gasteiger partial charge on any atom is 0.308 e. The highest BCUT2D eigenvalue weighted by Crippen LogP contribution is 2.42. The number of rotatable bonds is 15. The lowest BCUT2D eigenvalue weighted by atomic mass is 9.84. The van der Waals surface area contributed by atoms with Crippen molar-refractivity contribution >= 4 is 11.9 Å². The topological polar surface area (TPSA) is 101 Å². The minimum atomic E-state index is -0.902. The second-order valence-electron chi connectivity index (χ2n) is 12.6. The standard InChI is InChI=1S/C32H46N4O6/c1-5-6-15-33(17-9-10-19-36(2,3)4)30(38)22-35-21-25(24-12-13-27-28(20-24)42-23-41-27)31(32(39)40)26(35)14-18-34-16-8-7-11-29(34)37/h7-8,11-13,16,20,25-26,31H,5-6,9-10,14-15,17-19,21-23H2,1-4H3/p+1. The SMILES string of the molecule is CCCCN(CCCC[N+](C)(C)C)C(=O)CN1CC(c2ccc3c(c2)OCO3)C(C(=O)O)C1CCn1ccccc1=O. The number of amides is 1. The molecule has 1 fully saturated rings. The average Bonchev–Trinajstić information content (AvgIpc) is 3.55. The normalized spacial score (nSPS) is 20.1. The van der Waals surface area contributed by atoms with Gasteiger partial charge in [0, 0.05) is 50.4 Å². The van der Waals surface area contributed by atoms with Crippen LogP contribution in [-0.2, 0) is 16.1 Å². The van der Waals surface area contributed by atoms with Gasteiger partial charge < -0.3 is 28.5 Å². The number of carbonyl (C=O) groups is 2. The first-order valence-corrected chi connectivity index (χ1v) is 15.2. The van der Waals surface area contributed by atoms with E-state index in [0.717, 1.165) is 42.3 Å². The number of aryl methyl sites for hydroxylation is 1. The molecule has 1 amide bonds. The Balaban J connectivity index is 1.56. The molecule has 2 aliphatic heterocycles. The van der Waals surface area contributed by atoms with Crippen molar-refractivity contribution in [3.63, 3.8) is 0 Å². The number of ether oxygens (including phenoxy) is 2. The summed E-state index contributed by atoms with van der Waals surface area (Å²) in [6, 6.07) is 10.2. The lowest BCUT2D eigenvalue weighted by molar-refractivity contribution is -0.870. The van der Waals surface area contributed by atoms with Gasteiger partial charge in [0.2, 0.25) is 18.3 Å². The second-order valence-corrected chi connectivity index (χ2v) is 12.6. The predicted octanol–water partition coefficient (Wildman–Crippen LogP) is 3.25. The first kappa shape index (κ1) is 31.6. The summed E-state index contributed by atoms with van der Waals surface area (Å²) in [4.78, 5) is 43.0. The number of nitrogens with zero attached hydrogens (tertiary/aromatic N) is 4. The van der Waals surface area contributed by atoms with E-state index in [1.54, 1.807) is 22.9 Å². The van der Waals surface area contributed by atoms with Crippen LogP contribution in [0.2, 0.25) is 0 Å². The molecule has 42 heavy (non-hydrogen) atoms. The van der Waals surface area contributed by atoms with Gasteiger partial charge in [0.25, 0.3) is 0 Å². The van der Waals surface area contributed by atoms with Crippen LogP contribution < -0.4 is 15.0 Å². The van der Waals surface area contributed by atoms with Gasteiger partial charge in [0.15, 0.2) is 11.5 Å². The number of hydrogen-bond acceptors (Lipinski definition) is 6. The maximum atomic E-state index is 13.8. The van der Waals surface area contributed by atoms with Crippen LogP contribution in [0, 0.1) is 5.92 Å². The van der Waals surface area contributed by atoms with Crippen molar-refractivity contribution < 1.29 is 28.7 Å². The van der Waals surface area contributed by atoms with Crippen molar-refractivity contribution in [3.8, 4) is 11.5 Å². The van der Waals surface area contributed by atoms with Crippen molar-refractivity contribution in [2.75, 3.05) is 60.7 Å². The number of aliphatic carboxylic acids is 1. The van der Waals surface area contributed by atoms with Crippen molar-refractivity contribution in [1.82, 2.24) is 14.4 Å². The van der Waals surface area contributed by atoms with Crippen LogP contribution in [0.5, 0.6) is 11.5 Å². The third kappa shape index (κ3) is 8.13. The fraction of sp³-hybridized carbons (Fsp3) is 0.594. The van der Waals surface area contributed by atoms with E-state index in [2.05, 4.69) is 28.1 Å². The fourth-order valence-corrected chi connectivity index (χ4v) is 6.12. The highest BCUT2D eigenvalue weighted by molar-refractivity contribution is 5.79. The van der Waals surface area contributed by atoms with Gasteiger partial charge in [-0.1, -0.05) is 25.5 Å². The van der Waals surface area contributed by atoms with Gasteiger partial charge in [0.1, 0.15) is 0 Å². The molecular weight excluding hydrogens is 536 g/mol. The molecule has 1 N–H and O–H groups in total. The minimum Gasteiger partial charge on any atom is -0.481 e. The molecule has 1 aromatic carbocycles. The number of unbranched alkanes of at least 4 members (excludes halogenated alkanes) is 2. The number of quaternary nitrogens is 1. The Hall–Kier alpha value is -3.37. The van der Waals surface area contributed by atoms with Gasteiger partial charge in [-0.2, -0.15) is 0 Å². The molecule has 4 rings (SSSR count). The number of aromatic nitrogens is 1. The summed E-state index contributed by atoms with van der Waals surface area (Å²) < 4.78 is 13.5. The van der Waals surface area contributed by atoms with Gasteiger partial charge in [-0.15, -0.1) is 0 Å². The highest BCUT2D eigenvalue weighted by atomic mass is 16.7. The van der Waals surface area contributed by atoms with E-state index in [1.807, 2.05) is 28.0 Å².